The number of oxime groups is 2. The van der Waals surface area contributed by atoms with Gasteiger partial charge in [-0.3, -0.25) is 0 Å². The number of hydrogen-bond acceptors (Lipinski definition) is 6. The molecule has 8 N–H and O–H groups in total. The number of H-pyrrole nitrogens is 1. The Bertz CT molecular complexity index is 1310. The number of amidine groups is 2. The van der Waals surface area contributed by atoms with Gasteiger partial charge < -0.3 is 32.0 Å². The van der Waals surface area contributed by atoms with Crippen molar-refractivity contribution in [3.05, 3.63) is 71.8 Å². The van der Waals surface area contributed by atoms with Crippen LogP contribution in [0.1, 0.15) is 11.1 Å². The molecule has 9 nitrogen and oxygen atoms in total. The fraction of sp³-hybridized carbons (Fsp3) is 0. The summed E-state index contributed by atoms with van der Waals surface area (Å²) in [6, 6.07) is 17.5. The summed E-state index contributed by atoms with van der Waals surface area (Å²) < 4.78 is 0. The molecule has 0 amide bonds. The molecule has 30 heavy (non-hydrogen) atoms. The van der Waals surface area contributed by atoms with E-state index in [2.05, 4.69) is 20.3 Å². The third-order valence-electron chi connectivity index (χ3n) is 4.74. The van der Waals surface area contributed by atoms with E-state index in [4.69, 9.17) is 21.9 Å². The lowest BCUT2D eigenvalue weighted by Crippen LogP contribution is -2.12. The first-order valence-corrected chi connectivity index (χ1v) is 8.89. The number of aromatic hydroxyl groups is 1. The predicted octanol–water partition coefficient (Wildman–Crippen LogP) is 2.79. The summed E-state index contributed by atoms with van der Waals surface area (Å²) in [6.07, 6.45) is 0. The lowest BCUT2D eigenvalue weighted by atomic mass is 10.00. The summed E-state index contributed by atoms with van der Waals surface area (Å²) in [7, 11) is 0. The lowest BCUT2D eigenvalue weighted by molar-refractivity contribution is 0.318. The minimum Gasteiger partial charge on any atom is -0.507 e. The minimum absolute atomic E-state index is 0.00892. The standard InChI is InChI=1S/C21H18N6O3/c22-19(26-29)13-3-1-2-11(8-13)12-5-7-18(28)15(9-12)21-24-16-6-4-14(20(23)27-30)10-17(16)25-21/h1-10,28-30H,(H2,22,26)(H2,23,27)(H,24,25). The van der Waals surface area contributed by atoms with Gasteiger partial charge in [-0.15, -0.1) is 0 Å². The molecular weight excluding hydrogens is 384 g/mol. The summed E-state index contributed by atoms with van der Waals surface area (Å²) in [5, 5.41) is 34.2. The van der Waals surface area contributed by atoms with Crippen LogP contribution in [-0.4, -0.2) is 37.2 Å². The van der Waals surface area contributed by atoms with Crippen molar-refractivity contribution in [3.63, 3.8) is 0 Å². The van der Waals surface area contributed by atoms with Crippen molar-refractivity contribution in [2.45, 2.75) is 0 Å². The third-order valence-corrected chi connectivity index (χ3v) is 4.74. The van der Waals surface area contributed by atoms with Crippen LogP contribution in [0.4, 0.5) is 0 Å². The van der Waals surface area contributed by atoms with Crippen LogP contribution in [0.2, 0.25) is 0 Å². The number of fused-ring (bicyclic) bond motifs is 1. The number of rotatable bonds is 4. The van der Waals surface area contributed by atoms with E-state index >= 15 is 0 Å². The maximum absolute atomic E-state index is 10.4. The number of phenolic OH excluding ortho intramolecular Hbond substituents is 1. The van der Waals surface area contributed by atoms with E-state index in [0.29, 0.717) is 33.5 Å². The van der Waals surface area contributed by atoms with Crippen molar-refractivity contribution in [1.82, 2.24) is 9.97 Å². The number of hydrogen-bond donors (Lipinski definition) is 6. The Morgan fingerprint density at radius 3 is 2.27 bits per heavy atom. The van der Waals surface area contributed by atoms with Gasteiger partial charge in [0, 0.05) is 11.1 Å². The van der Waals surface area contributed by atoms with Gasteiger partial charge in [-0.1, -0.05) is 34.6 Å². The van der Waals surface area contributed by atoms with E-state index in [1.165, 1.54) is 0 Å². The average Bonchev–Trinajstić information content (AvgIpc) is 3.21. The molecule has 0 unspecified atom stereocenters. The monoisotopic (exact) mass is 402 g/mol. The Hall–Kier alpha value is -4.53. The zero-order chi connectivity index (χ0) is 21.3. The molecule has 0 aliphatic rings. The fourth-order valence-electron chi connectivity index (χ4n) is 3.18. The number of aromatic amines is 1. The smallest absolute Gasteiger partial charge is 0.170 e. The number of nitrogens with two attached hydrogens (primary N) is 2. The fourth-order valence-corrected chi connectivity index (χ4v) is 3.18. The van der Waals surface area contributed by atoms with Crippen molar-refractivity contribution < 1.29 is 15.5 Å². The Labute approximate surface area is 170 Å². The van der Waals surface area contributed by atoms with Gasteiger partial charge in [0.05, 0.1) is 16.6 Å². The predicted molar refractivity (Wildman–Crippen MR) is 114 cm³/mol. The van der Waals surface area contributed by atoms with Gasteiger partial charge in [0.25, 0.3) is 0 Å². The molecule has 9 heteroatoms. The molecule has 150 valence electrons. The molecule has 1 aromatic heterocycles. The van der Waals surface area contributed by atoms with Crippen LogP contribution >= 0.6 is 0 Å². The number of nitrogens with one attached hydrogen (secondary N) is 1. The molecule has 0 radical (unpaired) electrons. The molecule has 0 aliphatic carbocycles. The lowest BCUT2D eigenvalue weighted by Gasteiger charge is -2.08. The maximum atomic E-state index is 10.4. The second-order valence-corrected chi connectivity index (χ2v) is 6.60. The van der Waals surface area contributed by atoms with Crippen LogP contribution in [0.25, 0.3) is 33.5 Å². The number of imidazole rings is 1. The molecule has 0 saturated carbocycles. The van der Waals surface area contributed by atoms with Crippen molar-refractivity contribution in [2.75, 3.05) is 0 Å². The van der Waals surface area contributed by atoms with Crippen LogP contribution < -0.4 is 11.5 Å². The Balaban J connectivity index is 1.79. The van der Waals surface area contributed by atoms with Crippen LogP contribution in [0.3, 0.4) is 0 Å². The SMILES string of the molecule is NC(=NO)c1cccc(-c2ccc(O)c(-c3nc4ccc(C(N)=NO)cc4[nH]3)c2)c1. The number of benzene rings is 3. The normalized spacial score (nSPS) is 12.4. The molecular formula is C21H18N6O3. The average molecular weight is 402 g/mol. The van der Waals surface area contributed by atoms with E-state index in [1.807, 2.05) is 6.07 Å². The van der Waals surface area contributed by atoms with E-state index in [1.54, 1.807) is 54.6 Å². The number of phenols is 1. The van der Waals surface area contributed by atoms with Crippen LogP contribution in [0.5, 0.6) is 5.75 Å². The summed E-state index contributed by atoms with van der Waals surface area (Å²) in [6.45, 7) is 0. The molecule has 0 bridgehead atoms. The van der Waals surface area contributed by atoms with Crippen LogP contribution in [0.15, 0.2) is 71.0 Å². The van der Waals surface area contributed by atoms with Crippen molar-refractivity contribution >= 4 is 22.7 Å². The van der Waals surface area contributed by atoms with E-state index in [9.17, 15) is 5.11 Å². The zero-order valence-corrected chi connectivity index (χ0v) is 15.6. The van der Waals surface area contributed by atoms with Gasteiger partial charge in [0.1, 0.15) is 11.6 Å². The molecule has 0 atom stereocenters. The first kappa shape index (κ1) is 18.8. The van der Waals surface area contributed by atoms with Crippen molar-refractivity contribution in [3.8, 4) is 28.3 Å². The van der Waals surface area contributed by atoms with Crippen molar-refractivity contribution in [1.29, 1.82) is 0 Å². The van der Waals surface area contributed by atoms with Crippen molar-refractivity contribution in [2.24, 2.45) is 21.8 Å². The maximum Gasteiger partial charge on any atom is 0.170 e. The third kappa shape index (κ3) is 3.35. The quantitative estimate of drug-likeness (QED) is 0.133. The molecule has 0 aliphatic heterocycles. The van der Waals surface area contributed by atoms with E-state index in [-0.39, 0.29) is 17.4 Å². The highest BCUT2D eigenvalue weighted by atomic mass is 16.4. The summed E-state index contributed by atoms with van der Waals surface area (Å²) in [4.78, 5) is 7.69. The highest BCUT2D eigenvalue weighted by Crippen LogP contribution is 2.33. The molecule has 4 aromatic rings. The molecule has 0 fully saturated rings. The van der Waals surface area contributed by atoms with Gasteiger partial charge >= 0.3 is 0 Å². The molecule has 0 spiro atoms. The molecule has 3 aromatic carbocycles. The summed E-state index contributed by atoms with van der Waals surface area (Å²) in [5.41, 5.74) is 15.9. The number of aromatic nitrogens is 2. The van der Waals surface area contributed by atoms with Gasteiger partial charge in [0.15, 0.2) is 11.7 Å². The minimum atomic E-state index is -0.0107. The van der Waals surface area contributed by atoms with E-state index < -0.39 is 0 Å². The topological polar surface area (TPSA) is 166 Å². The van der Waals surface area contributed by atoms with Crippen LogP contribution in [-0.2, 0) is 0 Å². The second-order valence-electron chi connectivity index (χ2n) is 6.60. The molecule has 4 rings (SSSR count). The summed E-state index contributed by atoms with van der Waals surface area (Å²) >= 11 is 0. The highest BCUT2D eigenvalue weighted by Gasteiger charge is 2.13. The Morgan fingerprint density at radius 2 is 1.53 bits per heavy atom. The van der Waals surface area contributed by atoms with Crippen LogP contribution in [0, 0.1) is 0 Å². The molecule has 0 saturated heterocycles. The Morgan fingerprint density at radius 1 is 0.833 bits per heavy atom. The second kappa shape index (κ2) is 7.47. The number of nitrogens with zero attached hydrogens (tertiary/aromatic N) is 3. The highest BCUT2D eigenvalue weighted by molar-refractivity contribution is 6.00. The van der Waals surface area contributed by atoms with Gasteiger partial charge in [0.2, 0.25) is 0 Å². The zero-order valence-electron chi connectivity index (χ0n) is 15.6. The Kier molecular flexibility index (Phi) is 4.69. The van der Waals surface area contributed by atoms with E-state index in [0.717, 1.165) is 11.1 Å². The van der Waals surface area contributed by atoms with Gasteiger partial charge in [-0.25, -0.2) is 4.98 Å². The summed E-state index contributed by atoms with van der Waals surface area (Å²) in [5.74, 6) is 0.522. The molecule has 1 heterocycles. The first-order chi connectivity index (χ1) is 14.5. The van der Waals surface area contributed by atoms with Gasteiger partial charge in [-0.2, -0.15) is 0 Å². The largest absolute Gasteiger partial charge is 0.507 e. The first-order valence-electron chi connectivity index (χ1n) is 8.89. The van der Waals surface area contributed by atoms with Gasteiger partial charge in [-0.05, 0) is 47.5 Å².